The van der Waals surface area contributed by atoms with Gasteiger partial charge in [-0.25, -0.2) is 4.98 Å². The van der Waals surface area contributed by atoms with Gasteiger partial charge in [0, 0.05) is 19.7 Å². The second-order valence-electron chi connectivity index (χ2n) is 4.19. The minimum atomic E-state index is 0.0976. The molecule has 1 aliphatic heterocycles. The first kappa shape index (κ1) is 11.5. The molecule has 88 valence electrons. The van der Waals surface area contributed by atoms with Gasteiger partial charge in [-0.2, -0.15) is 0 Å². The number of thiazole rings is 1. The van der Waals surface area contributed by atoms with Crippen LogP contribution < -0.4 is 0 Å². The van der Waals surface area contributed by atoms with Crippen LogP contribution in [0.5, 0.6) is 0 Å². The number of aliphatic hydroxyl groups excluding tert-OH is 1. The Labute approximate surface area is 98.9 Å². The molecule has 0 spiro atoms. The predicted octanol–water partition coefficient (Wildman–Crippen LogP) is 1.30. The van der Waals surface area contributed by atoms with Crippen LogP contribution in [0.2, 0.25) is 0 Å². The van der Waals surface area contributed by atoms with Crippen molar-refractivity contribution in [1.29, 1.82) is 0 Å². The predicted molar refractivity (Wildman–Crippen MR) is 62.6 cm³/mol. The lowest BCUT2D eigenvalue weighted by Gasteiger charge is -2.15. The molecular weight excluding hydrogens is 224 g/mol. The second-order valence-corrected chi connectivity index (χ2v) is 5.04. The number of hydrogen-bond donors (Lipinski definition) is 1. The molecule has 0 bridgehead atoms. The SMILES string of the molecule is Cc1ncsc1C(=O)N1CCC(CCO)C1. The van der Waals surface area contributed by atoms with E-state index in [-0.39, 0.29) is 12.5 Å². The fourth-order valence-corrected chi connectivity index (χ4v) is 2.86. The molecule has 2 rings (SSSR count). The number of aromatic nitrogens is 1. The van der Waals surface area contributed by atoms with Crippen molar-refractivity contribution in [3.8, 4) is 0 Å². The van der Waals surface area contributed by atoms with Crippen molar-refractivity contribution in [2.24, 2.45) is 5.92 Å². The topological polar surface area (TPSA) is 53.4 Å². The van der Waals surface area contributed by atoms with Gasteiger partial charge < -0.3 is 10.0 Å². The van der Waals surface area contributed by atoms with Gasteiger partial charge in [0.15, 0.2) is 0 Å². The number of carbonyl (C=O) groups excluding carboxylic acids is 1. The highest BCUT2D eigenvalue weighted by Gasteiger charge is 2.27. The molecule has 1 atom stereocenters. The van der Waals surface area contributed by atoms with E-state index < -0.39 is 0 Å². The van der Waals surface area contributed by atoms with E-state index in [1.54, 1.807) is 5.51 Å². The van der Waals surface area contributed by atoms with Crippen molar-refractivity contribution in [1.82, 2.24) is 9.88 Å². The summed E-state index contributed by atoms with van der Waals surface area (Å²) in [6.07, 6.45) is 1.80. The first-order valence-electron chi connectivity index (χ1n) is 5.52. The zero-order valence-electron chi connectivity index (χ0n) is 9.35. The van der Waals surface area contributed by atoms with Crippen molar-refractivity contribution in [2.75, 3.05) is 19.7 Å². The number of likely N-dealkylation sites (tertiary alicyclic amines) is 1. The van der Waals surface area contributed by atoms with Gasteiger partial charge in [-0.3, -0.25) is 4.79 Å². The summed E-state index contributed by atoms with van der Waals surface area (Å²) in [5.74, 6) is 0.558. The summed E-state index contributed by atoms with van der Waals surface area (Å²) in [5.41, 5.74) is 2.53. The average molecular weight is 240 g/mol. The molecule has 1 fully saturated rings. The van der Waals surface area contributed by atoms with E-state index in [2.05, 4.69) is 4.98 Å². The van der Waals surface area contributed by atoms with E-state index in [1.807, 2.05) is 11.8 Å². The third kappa shape index (κ3) is 2.25. The molecule has 0 aromatic carbocycles. The fraction of sp³-hybridized carbons (Fsp3) is 0.636. The summed E-state index contributed by atoms with van der Waals surface area (Å²) >= 11 is 1.41. The molecule has 1 amide bonds. The van der Waals surface area contributed by atoms with Crippen LogP contribution in [0.25, 0.3) is 0 Å². The summed E-state index contributed by atoms with van der Waals surface area (Å²) in [5, 5.41) is 8.87. The Hall–Kier alpha value is -0.940. The van der Waals surface area contributed by atoms with E-state index >= 15 is 0 Å². The van der Waals surface area contributed by atoms with Crippen LogP contribution in [0.1, 0.15) is 28.2 Å². The minimum Gasteiger partial charge on any atom is -0.396 e. The van der Waals surface area contributed by atoms with Crippen LogP contribution in [0, 0.1) is 12.8 Å². The molecule has 1 aromatic rings. The third-order valence-corrected chi connectivity index (χ3v) is 3.97. The zero-order chi connectivity index (χ0) is 11.5. The normalized spacial score (nSPS) is 20.4. The molecule has 1 saturated heterocycles. The molecule has 4 nitrogen and oxygen atoms in total. The van der Waals surface area contributed by atoms with Gasteiger partial charge in [0.25, 0.3) is 5.91 Å². The fourth-order valence-electron chi connectivity index (χ4n) is 2.09. The van der Waals surface area contributed by atoms with Crippen molar-refractivity contribution >= 4 is 17.2 Å². The first-order chi connectivity index (χ1) is 7.72. The molecule has 0 aliphatic carbocycles. The van der Waals surface area contributed by atoms with Gasteiger partial charge in [-0.1, -0.05) is 0 Å². The van der Waals surface area contributed by atoms with Crippen molar-refractivity contribution in [3.63, 3.8) is 0 Å². The Kier molecular flexibility index (Phi) is 3.56. The number of aliphatic hydroxyl groups is 1. The molecule has 5 heteroatoms. The average Bonchev–Trinajstić information content (AvgIpc) is 2.87. The maximum atomic E-state index is 12.1. The Morgan fingerprint density at radius 2 is 2.56 bits per heavy atom. The van der Waals surface area contributed by atoms with Crippen LogP contribution >= 0.6 is 11.3 Å². The Morgan fingerprint density at radius 1 is 1.75 bits per heavy atom. The molecule has 0 saturated carbocycles. The monoisotopic (exact) mass is 240 g/mol. The summed E-state index contributed by atoms with van der Waals surface area (Å²) in [6, 6.07) is 0. The third-order valence-electron chi connectivity index (χ3n) is 3.05. The van der Waals surface area contributed by atoms with Gasteiger partial charge in [0.05, 0.1) is 11.2 Å². The van der Waals surface area contributed by atoms with E-state index in [4.69, 9.17) is 5.11 Å². The van der Waals surface area contributed by atoms with Gasteiger partial charge in [0.2, 0.25) is 0 Å². The Balaban J connectivity index is 2.00. The van der Waals surface area contributed by atoms with Gasteiger partial charge in [0.1, 0.15) is 4.88 Å². The van der Waals surface area contributed by atoms with E-state index in [0.717, 1.165) is 36.5 Å². The molecule has 1 aromatic heterocycles. The van der Waals surface area contributed by atoms with Crippen molar-refractivity contribution in [2.45, 2.75) is 19.8 Å². The molecule has 2 heterocycles. The molecule has 0 radical (unpaired) electrons. The molecule has 1 unspecified atom stereocenters. The lowest BCUT2D eigenvalue weighted by atomic mass is 10.1. The van der Waals surface area contributed by atoms with Gasteiger partial charge >= 0.3 is 0 Å². The Bertz CT molecular complexity index is 378. The van der Waals surface area contributed by atoms with Crippen molar-refractivity contribution < 1.29 is 9.90 Å². The summed E-state index contributed by atoms with van der Waals surface area (Å²) < 4.78 is 0. The van der Waals surface area contributed by atoms with Crippen LogP contribution in [-0.2, 0) is 0 Å². The molecule has 1 aliphatic rings. The number of nitrogens with zero attached hydrogens (tertiary/aromatic N) is 2. The van der Waals surface area contributed by atoms with Gasteiger partial charge in [-0.05, 0) is 25.7 Å². The molecular formula is C11H16N2O2S. The maximum Gasteiger partial charge on any atom is 0.265 e. The minimum absolute atomic E-state index is 0.0976. The number of carbonyl (C=O) groups is 1. The smallest absolute Gasteiger partial charge is 0.265 e. The van der Waals surface area contributed by atoms with E-state index in [1.165, 1.54) is 11.3 Å². The second kappa shape index (κ2) is 4.93. The summed E-state index contributed by atoms with van der Waals surface area (Å²) in [4.78, 5) is 18.8. The highest BCUT2D eigenvalue weighted by molar-refractivity contribution is 7.11. The van der Waals surface area contributed by atoms with Crippen LogP contribution in [0.3, 0.4) is 0 Å². The van der Waals surface area contributed by atoms with Crippen molar-refractivity contribution in [3.05, 3.63) is 16.1 Å². The maximum absolute atomic E-state index is 12.1. The first-order valence-corrected chi connectivity index (χ1v) is 6.40. The number of hydrogen-bond acceptors (Lipinski definition) is 4. The highest BCUT2D eigenvalue weighted by atomic mass is 32.1. The van der Waals surface area contributed by atoms with Crippen LogP contribution in [0.4, 0.5) is 0 Å². The number of rotatable bonds is 3. The largest absolute Gasteiger partial charge is 0.396 e. The standard InChI is InChI=1S/C11H16N2O2S/c1-8-10(16-7-12-8)11(15)13-4-2-9(6-13)3-5-14/h7,9,14H,2-6H2,1H3. The number of amides is 1. The van der Waals surface area contributed by atoms with E-state index in [0.29, 0.717) is 5.92 Å². The molecule has 16 heavy (non-hydrogen) atoms. The quantitative estimate of drug-likeness (QED) is 0.866. The highest BCUT2D eigenvalue weighted by Crippen LogP contribution is 2.23. The molecule has 1 N–H and O–H groups in total. The summed E-state index contributed by atoms with van der Waals surface area (Å²) in [7, 11) is 0. The van der Waals surface area contributed by atoms with E-state index in [9.17, 15) is 4.79 Å². The number of aryl methyl sites for hydroxylation is 1. The summed E-state index contributed by atoms with van der Waals surface area (Å²) in [6.45, 7) is 3.66. The lowest BCUT2D eigenvalue weighted by molar-refractivity contribution is 0.0788. The van der Waals surface area contributed by atoms with Gasteiger partial charge in [-0.15, -0.1) is 11.3 Å². The lowest BCUT2D eigenvalue weighted by Crippen LogP contribution is -2.28. The zero-order valence-corrected chi connectivity index (χ0v) is 10.2. The van der Waals surface area contributed by atoms with Crippen LogP contribution in [-0.4, -0.2) is 40.6 Å². The Morgan fingerprint density at radius 3 is 3.19 bits per heavy atom. The van der Waals surface area contributed by atoms with Crippen LogP contribution in [0.15, 0.2) is 5.51 Å².